The smallest absolute Gasteiger partial charge is 0.322 e. The normalized spacial score (nSPS) is 13.6. The number of hydrogen-bond donors (Lipinski definition) is 1. The van der Waals surface area contributed by atoms with Gasteiger partial charge in [-0.15, -0.1) is 0 Å². The summed E-state index contributed by atoms with van der Waals surface area (Å²) < 4.78 is 38.8. The van der Waals surface area contributed by atoms with Crippen molar-refractivity contribution in [3.8, 4) is 0 Å². The van der Waals surface area contributed by atoms with Crippen molar-refractivity contribution in [1.82, 2.24) is 4.98 Å². The maximum atomic E-state index is 13.0. The molecule has 0 unspecified atom stereocenters. The Hall–Kier alpha value is -2.60. The van der Waals surface area contributed by atoms with Gasteiger partial charge in [0, 0.05) is 21.8 Å². The molecule has 0 spiro atoms. The Morgan fingerprint density at radius 3 is 2.70 bits per heavy atom. The highest BCUT2D eigenvalue weighted by molar-refractivity contribution is 6.31. The number of rotatable bonds is 2. The van der Waals surface area contributed by atoms with Crippen molar-refractivity contribution in [3.63, 3.8) is 0 Å². The first-order chi connectivity index (χ1) is 12.8. The van der Waals surface area contributed by atoms with E-state index in [9.17, 15) is 18.0 Å². The monoisotopic (exact) mass is 390 g/mol. The standard InChI is InChI=1S/C20H14ClF3N2O/c21-12-7-8-17-15(10-12)18(14-5-2-6-16(14)26-17)19(27)25-13-4-1-3-11(9-13)20(22,23)24/h1,3-4,7-10H,2,5-6H2,(H,25,27). The van der Waals surface area contributed by atoms with Crippen LogP contribution < -0.4 is 5.32 Å². The average Bonchev–Trinajstić information content (AvgIpc) is 3.07. The summed E-state index contributed by atoms with van der Waals surface area (Å²) in [5.74, 6) is -0.456. The van der Waals surface area contributed by atoms with Gasteiger partial charge in [0.2, 0.25) is 0 Å². The predicted octanol–water partition coefficient (Wildman–Crippen LogP) is 5.65. The number of pyridine rings is 1. The van der Waals surface area contributed by atoms with E-state index in [1.165, 1.54) is 12.1 Å². The third-order valence-corrected chi connectivity index (χ3v) is 4.88. The number of amides is 1. The highest BCUT2D eigenvalue weighted by atomic mass is 35.5. The van der Waals surface area contributed by atoms with E-state index in [2.05, 4.69) is 10.3 Å². The number of nitrogens with one attached hydrogen (secondary N) is 1. The van der Waals surface area contributed by atoms with Gasteiger partial charge in [0.05, 0.1) is 16.6 Å². The van der Waals surface area contributed by atoms with Crippen molar-refractivity contribution in [1.29, 1.82) is 0 Å². The quantitative estimate of drug-likeness (QED) is 0.614. The molecule has 0 saturated carbocycles. The number of fused-ring (bicyclic) bond motifs is 2. The fourth-order valence-corrected chi connectivity index (χ4v) is 3.63. The first kappa shape index (κ1) is 17.8. The molecule has 0 atom stereocenters. The van der Waals surface area contributed by atoms with Crippen LogP contribution in [0.5, 0.6) is 0 Å². The molecule has 1 N–H and O–H groups in total. The minimum absolute atomic E-state index is 0.0913. The van der Waals surface area contributed by atoms with Crippen molar-refractivity contribution < 1.29 is 18.0 Å². The molecule has 0 fully saturated rings. The van der Waals surface area contributed by atoms with E-state index < -0.39 is 17.6 Å². The number of benzene rings is 2. The van der Waals surface area contributed by atoms with Crippen LogP contribution in [0, 0.1) is 0 Å². The molecule has 2 aromatic carbocycles. The molecule has 1 aromatic heterocycles. The molecule has 0 saturated heterocycles. The average molecular weight is 391 g/mol. The number of carbonyl (C=O) groups excluding carboxylic acids is 1. The molecule has 1 heterocycles. The van der Waals surface area contributed by atoms with E-state index in [1.54, 1.807) is 18.2 Å². The fraction of sp³-hybridized carbons (Fsp3) is 0.200. The molecule has 7 heteroatoms. The van der Waals surface area contributed by atoms with Gasteiger partial charge in [-0.05, 0) is 61.2 Å². The maximum absolute atomic E-state index is 13.0. The van der Waals surface area contributed by atoms with Crippen LogP contribution in [0.2, 0.25) is 5.02 Å². The first-order valence-electron chi connectivity index (χ1n) is 8.42. The number of alkyl halides is 3. The molecular formula is C20H14ClF3N2O. The zero-order valence-corrected chi connectivity index (χ0v) is 14.8. The molecule has 27 heavy (non-hydrogen) atoms. The van der Waals surface area contributed by atoms with E-state index >= 15 is 0 Å². The highest BCUT2D eigenvalue weighted by Crippen LogP contribution is 2.33. The van der Waals surface area contributed by atoms with E-state index in [0.717, 1.165) is 36.2 Å². The summed E-state index contributed by atoms with van der Waals surface area (Å²) in [5.41, 5.74) is 2.07. The third-order valence-electron chi connectivity index (χ3n) is 4.65. The van der Waals surface area contributed by atoms with E-state index in [1.807, 2.05) is 0 Å². The van der Waals surface area contributed by atoms with Gasteiger partial charge in [0.1, 0.15) is 0 Å². The Bertz CT molecular complexity index is 1060. The van der Waals surface area contributed by atoms with Crippen LogP contribution in [-0.4, -0.2) is 10.9 Å². The van der Waals surface area contributed by atoms with Gasteiger partial charge in [-0.25, -0.2) is 0 Å². The minimum Gasteiger partial charge on any atom is -0.322 e. The van der Waals surface area contributed by atoms with Crippen molar-refractivity contribution in [3.05, 3.63) is 69.9 Å². The number of nitrogens with zero attached hydrogens (tertiary/aromatic N) is 1. The Kier molecular flexibility index (Phi) is 4.30. The largest absolute Gasteiger partial charge is 0.416 e. The summed E-state index contributed by atoms with van der Waals surface area (Å²) in [4.78, 5) is 17.6. The second-order valence-electron chi connectivity index (χ2n) is 6.46. The van der Waals surface area contributed by atoms with Gasteiger partial charge >= 0.3 is 6.18 Å². The number of carbonyl (C=O) groups is 1. The summed E-state index contributed by atoms with van der Waals surface area (Å²) in [6.45, 7) is 0. The summed E-state index contributed by atoms with van der Waals surface area (Å²) in [5, 5.41) is 3.67. The van der Waals surface area contributed by atoms with Gasteiger partial charge in [-0.2, -0.15) is 13.2 Å². The third kappa shape index (κ3) is 3.37. The van der Waals surface area contributed by atoms with Crippen LogP contribution >= 0.6 is 11.6 Å². The van der Waals surface area contributed by atoms with Crippen LogP contribution in [0.4, 0.5) is 18.9 Å². The number of halogens is 4. The second-order valence-corrected chi connectivity index (χ2v) is 6.90. The molecule has 4 rings (SSSR count). The van der Waals surface area contributed by atoms with Crippen molar-refractivity contribution in [2.75, 3.05) is 5.32 Å². The van der Waals surface area contributed by atoms with Gasteiger partial charge < -0.3 is 5.32 Å². The van der Waals surface area contributed by atoms with Crippen LogP contribution in [-0.2, 0) is 19.0 Å². The van der Waals surface area contributed by atoms with Crippen LogP contribution in [0.3, 0.4) is 0 Å². The Morgan fingerprint density at radius 1 is 1.11 bits per heavy atom. The molecule has 0 radical (unpaired) electrons. The molecule has 1 aliphatic rings. The Balaban J connectivity index is 1.79. The molecule has 1 aliphatic carbocycles. The molecule has 0 bridgehead atoms. The van der Waals surface area contributed by atoms with Crippen LogP contribution in [0.15, 0.2) is 42.5 Å². The number of hydrogen-bond acceptors (Lipinski definition) is 2. The lowest BCUT2D eigenvalue weighted by atomic mass is 10.0. The minimum atomic E-state index is -4.47. The summed E-state index contributed by atoms with van der Waals surface area (Å²) in [6.07, 6.45) is -2.11. The lowest BCUT2D eigenvalue weighted by Gasteiger charge is -2.14. The van der Waals surface area contributed by atoms with Crippen molar-refractivity contribution in [2.45, 2.75) is 25.4 Å². The van der Waals surface area contributed by atoms with E-state index in [-0.39, 0.29) is 5.69 Å². The summed E-state index contributed by atoms with van der Waals surface area (Å²) in [6, 6.07) is 9.71. The number of aryl methyl sites for hydroxylation is 1. The van der Waals surface area contributed by atoms with Gasteiger partial charge in [0.25, 0.3) is 5.91 Å². The first-order valence-corrected chi connectivity index (χ1v) is 8.80. The lowest BCUT2D eigenvalue weighted by molar-refractivity contribution is -0.137. The van der Waals surface area contributed by atoms with Gasteiger partial charge in [-0.1, -0.05) is 17.7 Å². The van der Waals surface area contributed by atoms with Crippen LogP contribution in [0.1, 0.15) is 33.6 Å². The topological polar surface area (TPSA) is 42.0 Å². The zero-order chi connectivity index (χ0) is 19.2. The predicted molar refractivity (Wildman–Crippen MR) is 98.2 cm³/mol. The Morgan fingerprint density at radius 2 is 1.93 bits per heavy atom. The molecule has 3 nitrogen and oxygen atoms in total. The highest BCUT2D eigenvalue weighted by Gasteiger charge is 2.31. The molecule has 138 valence electrons. The van der Waals surface area contributed by atoms with Crippen molar-refractivity contribution in [2.24, 2.45) is 0 Å². The van der Waals surface area contributed by atoms with Crippen molar-refractivity contribution >= 4 is 34.1 Å². The summed E-state index contributed by atoms with van der Waals surface area (Å²) >= 11 is 6.09. The molecule has 1 amide bonds. The van der Waals surface area contributed by atoms with E-state index in [4.69, 9.17) is 11.6 Å². The maximum Gasteiger partial charge on any atom is 0.416 e. The second kappa shape index (κ2) is 6.53. The summed E-state index contributed by atoms with van der Waals surface area (Å²) in [7, 11) is 0. The molecular weight excluding hydrogens is 377 g/mol. The lowest BCUT2D eigenvalue weighted by Crippen LogP contribution is -2.16. The fourth-order valence-electron chi connectivity index (χ4n) is 3.46. The molecule has 3 aromatic rings. The Labute approximate surface area is 158 Å². The van der Waals surface area contributed by atoms with Crippen LogP contribution in [0.25, 0.3) is 10.9 Å². The van der Waals surface area contributed by atoms with Gasteiger partial charge in [0.15, 0.2) is 0 Å². The molecule has 0 aliphatic heterocycles. The van der Waals surface area contributed by atoms with E-state index in [0.29, 0.717) is 27.9 Å². The number of aromatic nitrogens is 1. The SMILES string of the molecule is O=C(Nc1cccc(C(F)(F)F)c1)c1c2c(nc3ccc(Cl)cc13)CCC2. The van der Waals surface area contributed by atoms with Gasteiger partial charge in [-0.3, -0.25) is 9.78 Å². The zero-order valence-electron chi connectivity index (χ0n) is 14.0. The number of anilines is 1.